The van der Waals surface area contributed by atoms with Gasteiger partial charge in [0.25, 0.3) is 5.91 Å². The van der Waals surface area contributed by atoms with Crippen LogP contribution >= 0.6 is 23.4 Å². The molecule has 0 bridgehead atoms. The second kappa shape index (κ2) is 9.47. The van der Waals surface area contributed by atoms with Crippen molar-refractivity contribution in [2.75, 3.05) is 5.75 Å². The third kappa shape index (κ3) is 6.04. The van der Waals surface area contributed by atoms with Crippen molar-refractivity contribution >= 4 is 35.2 Å². The molecule has 27 heavy (non-hydrogen) atoms. The van der Waals surface area contributed by atoms with Gasteiger partial charge < -0.3 is 4.74 Å². The minimum atomic E-state index is -3.36. The molecule has 0 fully saturated rings. The van der Waals surface area contributed by atoms with E-state index in [0.29, 0.717) is 17.2 Å². The Hall–Kier alpha value is -2.46. The van der Waals surface area contributed by atoms with Crippen LogP contribution in [-0.2, 0) is 4.79 Å². The molecule has 0 saturated carbocycles. The fourth-order valence-corrected chi connectivity index (χ4v) is 2.66. The molecule has 0 aromatic heterocycles. The Balaban J connectivity index is 1.94. The van der Waals surface area contributed by atoms with Gasteiger partial charge in [-0.05, 0) is 36.4 Å². The zero-order chi connectivity index (χ0) is 20.0. The van der Waals surface area contributed by atoms with Gasteiger partial charge in [-0.1, -0.05) is 11.6 Å². The van der Waals surface area contributed by atoms with E-state index in [1.165, 1.54) is 0 Å². The Morgan fingerprint density at radius 1 is 1.07 bits per heavy atom. The summed E-state index contributed by atoms with van der Waals surface area (Å²) in [6, 6.07) is 7.83. The van der Waals surface area contributed by atoms with Crippen LogP contribution in [0.5, 0.6) is 5.75 Å². The van der Waals surface area contributed by atoms with Crippen molar-refractivity contribution < 1.29 is 31.9 Å². The maximum Gasteiger partial charge on any atom is 0.387 e. The van der Waals surface area contributed by atoms with Crippen molar-refractivity contribution in [1.82, 2.24) is 10.9 Å². The molecule has 0 aliphatic carbocycles. The minimum Gasteiger partial charge on any atom is -0.432 e. The number of hydrazine groups is 1. The van der Waals surface area contributed by atoms with Crippen LogP contribution in [0.15, 0.2) is 41.3 Å². The molecule has 2 rings (SSSR count). The van der Waals surface area contributed by atoms with Crippen LogP contribution < -0.4 is 15.6 Å². The van der Waals surface area contributed by atoms with E-state index in [1.54, 1.807) is 24.3 Å². The van der Waals surface area contributed by atoms with E-state index < -0.39 is 41.4 Å². The number of carbonyl (C=O) groups is 2. The first-order valence-corrected chi connectivity index (χ1v) is 8.54. The van der Waals surface area contributed by atoms with Gasteiger partial charge in [-0.15, -0.1) is 11.8 Å². The molecule has 0 unspecified atom stereocenters. The van der Waals surface area contributed by atoms with Crippen molar-refractivity contribution in [3.05, 3.63) is 58.6 Å². The number of alkyl halides is 2. The Labute approximate surface area is 160 Å². The lowest BCUT2D eigenvalue weighted by Gasteiger charge is -2.11. The number of benzene rings is 2. The summed E-state index contributed by atoms with van der Waals surface area (Å²) in [5.74, 6) is -6.06. The van der Waals surface area contributed by atoms with E-state index in [-0.39, 0.29) is 5.75 Å². The number of halogens is 5. The number of ether oxygens (including phenoxy) is 1. The average molecular weight is 423 g/mol. The van der Waals surface area contributed by atoms with E-state index >= 15 is 0 Å². The van der Waals surface area contributed by atoms with Crippen molar-refractivity contribution in [2.24, 2.45) is 0 Å². The second-order valence-corrected chi connectivity index (χ2v) is 6.34. The highest BCUT2D eigenvalue weighted by Crippen LogP contribution is 2.24. The quantitative estimate of drug-likeness (QED) is 0.422. The molecule has 11 heteroatoms. The van der Waals surface area contributed by atoms with E-state index in [4.69, 9.17) is 11.6 Å². The normalized spacial score (nSPS) is 10.6. The largest absolute Gasteiger partial charge is 0.432 e. The molecule has 144 valence electrons. The molecule has 0 saturated heterocycles. The zero-order valence-electron chi connectivity index (χ0n) is 13.3. The average Bonchev–Trinajstić information content (AvgIpc) is 2.61. The van der Waals surface area contributed by atoms with E-state index in [9.17, 15) is 27.2 Å². The SMILES string of the molecule is O=C(CSc1ccc(Cl)cc1)NNC(=O)c1c(F)ccc(OC(F)F)c1F. The molecule has 0 spiro atoms. The number of hydrogen-bond donors (Lipinski definition) is 2. The van der Waals surface area contributed by atoms with E-state index in [2.05, 4.69) is 4.74 Å². The van der Waals surface area contributed by atoms with Crippen molar-refractivity contribution in [2.45, 2.75) is 11.5 Å². The fraction of sp³-hybridized carbons (Fsp3) is 0.125. The molecule has 5 nitrogen and oxygen atoms in total. The summed E-state index contributed by atoms with van der Waals surface area (Å²) in [6.45, 7) is -3.36. The molecular weight excluding hydrogens is 412 g/mol. The van der Waals surface area contributed by atoms with Crippen molar-refractivity contribution in [3.8, 4) is 5.75 Å². The highest BCUT2D eigenvalue weighted by atomic mass is 35.5. The summed E-state index contributed by atoms with van der Waals surface area (Å²) in [6.07, 6.45) is 0. The van der Waals surface area contributed by atoms with Crippen LogP contribution in [0.4, 0.5) is 17.6 Å². The second-order valence-electron chi connectivity index (χ2n) is 4.86. The fourth-order valence-electron chi connectivity index (χ4n) is 1.83. The standard InChI is InChI=1S/C16H11ClF4N2O3S/c17-8-1-3-9(4-2-8)27-7-12(24)22-23-15(25)13-10(18)5-6-11(14(13)19)26-16(20)21/h1-6,16H,7H2,(H,22,24)(H,23,25). The van der Waals surface area contributed by atoms with Gasteiger partial charge in [0, 0.05) is 9.92 Å². The number of hydrogen-bond acceptors (Lipinski definition) is 4. The zero-order valence-corrected chi connectivity index (χ0v) is 14.8. The lowest BCUT2D eigenvalue weighted by atomic mass is 10.1. The summed E-state index contributed by atoms with van der Waals surface area (Å²) >= 11 is 6.86. The number of rotatable bonds is 6. The Morgan fingerprint density at radius 2 is 1.74 bits per heavy atom. The van der Waals surface area contributed by atoms with Gasteiger partial charge in [0.1, 0.15) is 11.4 Å². The predicted octanol–water partition coefficient (Wildman–Crippen LogP) is 3.77. The summed E-state index contributed by atoms with van der Waals surface area (Å²) in [7, 11) is 0. The summed E-state index contributed by atoms with van der Waals surface area (Å²) in [5.41, 5.74) is 2.61. The highest BCUT2D eigenvalue weighted by molar-refractivity contribution is 8.00. The van der Waals surface area contributed by atoms with Gasteiger partial charge in [-0.25, -0.2) is 8.78 Å². The first-order valence-electron chi connectivity index (χ1n) is 7.18. The van der Waals surface area contributed by atoms with Gasteiger partial charge in [-0.2, -0.15) is 8.78 Å². The molecule has 0 heterocycles. The molecule has 0 radical (unpaired) electrons. The van der Waals surface area contributed by atoms with Crippen molar-refractivity contribution in [3.63, 3.8) is 0 Å². The predicted molar refractivity (Wildman–Crippen MR) is 90.8 cm³/mol. The lowest BCUT2D eigenvalue weighted by molar-refractivity contribution is -0.119. The third-order valence-corrected chi connectivity index (χ3v) is 4.26. The summed E-state index contributed by atoms with van der Waals surface area (Å²) in [4.78, 5) is 24.3. The molecule has 0 aliphatic rings. The highest BCUT2D eigenvalue weighted by Gasteiger charge is 2.23. The maximum atomic E-state index is 14.0. The van der Waals surface area contributed by atoms with Crippen LogP contribution in [0.1, 0.15) is 10.4 Å². The number of thioether (sulfide) groups is 1. The Morgan fingerprint density at radius 3 is 2.37 bits per heavy atom. The molecular formula is C16H11ClF4N2O3S. The molecule has 2 aromatic rings. The van der Waals surface area contributed by atoms with Gasteiger partial charge in [-0.3, -0.25) is 20.4 Å². The van der Waals surface area contributed by atoms with Crippen LogP contribution in [-0.4, -0.2) is 24.2 Å². The number of amides is 2. The molecule has 2 amide bonds. The minimum absolute atomic E-state index is 0.110. The van der Waals surface area contributed by atoms with Gasteiger partial charge in [0.15, 0.2) is 11.6 Å². The summed E-state index contributed by atoms with van der Waals surface area (Å²) < 4.78 is 55.9. The topological polar surface area (TPSA) is 67.4 Å². The van der Waals surface area contributed by atoms with Crippen LogP contribution in [0.25, 0.3) is 0 Å². The van der Waals surface area contributed by atoms with Crippen LogP contribution in [0.2, 0.25) is 5.02 Å². The molecule has 0 aliphatic heterocycles. The number of carbonyl (C=O) groups excluding carboxylic acids is 2. The first kappa shape index (κ1) is 20.8. The lowest BCUT2D eigenvalue weighted by Crippen LogP contribution is -2.43. The Bertz CT molecular complexity index is 837. The Kier molecular flexibility index (Phi) is 7.31. The van der Waals surface area contributed by atoms with Crippen molar-refractivity contribution in [1.29, 1.82) is 0 Å². The van der Waals surface area contributed by atoms with E-state index in [1.807, 2.05) is 10.9 Å². The van der Waals surface area contributed by atoms with Gasteiger partial charge in [0.05, 0.1) is 5.75 Å². The van der Waals surface area contributed by atoms with Gasteiger partial charge >= 0.3 is 6.61 Å². The van der Waals surface area contributed by atoms with Crippen LogP contribution in [0.3, 0.4) is 0 Å². The summed E-state index contributed by atoms with van der Waals surface area (Å²) in [5, 5.41) is 0.526. The third-order valence-electron chi connectivity index (χ3n) is 3.00. The number of nitrogens with one attached hydrogen (secondary N) is 2. The maximum absolute atomic E-state index is 14.0. The van der Waals surface area contributed by atoms with E-state index in [0.717, 1.165) is 16.7 Å². The smallest absolute Gasteiger partial charge is 0.387 e. The molecule has 2 N–H and O–H groups in total. The molecule has 0 atom stereocenters. The molecule has 2 aromatic carbocycles. The first-order chi connectivity index (χ1) is 12.8. The van der Waals surface area contributed by atoms with Gasteiger partial charge in [0.2, 0.25) is 5.91 Å². The van der Waals surface area contributed by atoms with Crippen LogP contribution in [0, 0.1) is 11.6 Å². The monoisotopic (exact) mass is 422 g/mol.